The van der Waals surface area contributed by atoms with Crippen molar-refractivity contribution in [3.8, 4) is 0 Å². The number of ether oxygens (including phenoxy) is 1. The zero-order valence-electron chi connectivity index (χ0n) is 14.4. The van der Waals surface area contributed by atoms with Crippen molar-refractivity contribution in [2.24, 2.45) is 5.16 Å². The number of thioether (sulfide) groups is 1. The Bertz CT molecular complexity index is 914. The second kappa shape index (κ2) is 8.72. The number of carbonyl (C=O) groups excluding carboxylic acids is 3. The number of esters is 1. The molecular formula is C12H15N5O8S3. The number of methoxy groups -OCH3 is 1. The molecule has 1 aromatic rings. The van der Waals surface area contributed by atoms with E-state index in [1.54, 1.807) is 0 Å². The second-order valence-corrected chi connectivity index (χ2v) is 8.32. The number of carbonyl (C=O) groups is 3. The number of amides is 2. The van der Waals surface area contributed by atoms with Crippen molar-refractivity contribution >= 4 is 62.0 Å². The van der Waals surface area contributed by atoms with Crippen molar-refractivity contribution in [2.45, 2.75) is 11.4 Å². The Hall–Kier alpha value is -2.43. The molecule has 16 heteroatoms. The monoisotopic (exact) mass is 453 g/mol. The highest BCUT2D eigenvalue weighted by atomic mass is 32.2. The van der Waals surface area contributed by atoms with Crippen molar-refractivity contribution in [1.82, 2.24) is 14.6 Å². The molecule has 1 aliphatic rings. The summed E-state index contributed by atoms with van der Waals surface area (Å²) >= 11 is 1.72. The van der Waals surface area contributed by atoms with E-state index < -0.39 is 39.5 Å². The summed E-state index contributed by atoms with van der Waals surface area (Å²) < 4.78 is 36.6. The molecule has 0 spiro atoms. The number of aromatic nitrogens is 1. The SMILES string of the molecule is CON=C(C(=O)N[C@@H]1C(=O)N(S(=O)(=O)O)[C@H]1SCC(=O)OC)c1csc(N)n1. The van der Waals surface area contributed by atoms with E-state index in [2.05, 4.69) is 25.0 Å². The zero-order chi connectivity index (χ0) is 21.1. The van der Waals surface area contributed by atoms with E-state index in [-0.39, 0.29) is 26.6 Å². The minimum atomic E-state index is -4.89. The van der Waals surface area contributed by atoms with Crippen molar-refractivity contribution in [2.75, 3.05) is 25.7 Å². The Kier molecular flexibility index (Phi) is 6.81. The van der Waals surface area contributed by atoms with Crippen LogP contribution in [0.2, 0.25) is 0 Å². The maximum absolute atomic E-state index is 12.5. The van der Waals surface area contributed by atoms with Crippen LogP contribution in [0.15, 0.2) is 10.5 Å². The van der Waals surface area contributed by atoms with E-state index in [4.69, 9.17) is 5.73 Å². The lowest BCUT2D eigenvalue weighted by Crippen LogP contribution is -2.71. The molecule has 0 radical (unpaired) electrons. The molecule has 28 heavy (non-hydrogen) atoms. The molecule has 2 rings (SSSR count). The van der Waals surface area contributed by atoms with Gasteiger partial charge in [0.05, 0.1) is 12.9 Å². The first-order valence-electron chi connectivity index (χ1n) is 7.22. The van der Waals surface area contributed by atoms with Gasteiger partial charge in [0.1, 0.15) is 24.2 Å². The number of hydrogen-bond donors (Lipinski definition) is 3. The number of nitrogens with two attached hydrogens (primary N) is 1. The molecule has 13 nitrogen and oxygen atoms in total. The number of anilines is 1. The number of oxime groups is 1. The number of nitrogen functional groups attached to an aromatic ring is 1. The van der Waals surface area contributed by atoms with Gasteiger partial charge in [0.25, 0.3) is 11.8 Å². The average Bonchev–Trinajstić information content (AvgIpc) is 3.04. The number of nitrogens with one attached hydrogen (secondary N) is 1. The molecule has 1 fully saturated rings. The molecule has 2 atom stereocenters. The van der Waals surface area contributed by atoms with E-state index in [0.717, 1.165) is 18.4 Å². The van der Waals surface area contributed by atoms with Crippen LogP contribution in [0, 0.1) is 0 Å². The Morgan fingerprint density at radius 2 is 2.18 bits per heavy atom. The van der Waals surface area contributed by atoms with Crippen LogP contribution in [0.4, 0.5) is 5.13 Å². The van der Waals surface area contributed by atoms with Crippen LogP contribution in [0.1, 0.15) is 5.69 Å². The van der Waals surface area contributed by atoms with Crippen LogP contribution >= 0.6 is 23.1 Å². The zero-order valence-corrected chi connectivity index (χ0v) is 16.8. The summed E-state index contributed by atoms with van der Waals surface area (Å²) in [5, 5.41) is 6.16. The Balaban J connectivity index is 2.21. The maximum Gasteiger partial charge on any atom is 0.363 e. The lowest BCUT2D eigenvalue weighted by Gasteiger charge is -2.43. The van der Waals surface area contributed by atoms with Crippen molar-refractivity contribution in [1.29, 1.82) is 0 Å². The Morgan fingerprint density at radius 1 is 1.50 bits per heavy atom. The number of hydrogen-bond acceptors (Lipinski definition) is 12. The van der Waals surface area contributed by atoms with Gasteiger partial charge in [-0.3, -0.25) is 18.9 Å². The van der Waals surface area contributed by atoms with Crippen LogP contribution in [-0.4, -0.2) is 77.1 Å². The number of β-lactam (4-membered cyclic amide) rings is 1. The van der Waals surface area contributed by atoms with E-state index in [0.29, 0.717) is 11.8 Å². The van der Waals surface area contributed by atoms with Gasteiger partial charge in [0.2, 0.25) is 0 Å². The topological polar surface area (TPSA) is 191 Å². The highest BCUT2D eigenvalue weighted by molar-refractivity contribution is 8.01. The van der Waals surface area contributed by atoms with Gasteiger partial charge in [-0.1, -0.05) is 5.16 Å². The molecular weight excluding hydrogens is 438 g/mol. The van der Waals surface area contributed by atoms with Crippen molar-refractivity contribution < 1.29 is 36.9 Å². The minimum Gasteiger partial charge on any atom is -0.468 e. The quantitative estimate of drug-likeness (QED) is 0.136. The molecule has 4 N–H and O–H groups in total. The van der Waals surface area contributed by atoms with Gasteiger partial charge in [0.15, 0.2) is 10.8 Å². The fourth-order valence-corrected chi connectivity index (χ4v) is 4.92. The van der Waals surface area contributed by atoms with E-state index >= 15 is 0 Å². The lowest BCUT2D eigenvalue weighted by atomic mass is 10.1. The summed E-state index contributed by atoms with van der Waals surface area (Å²) in [5.74, 6) is -3.00. The van der Waals surface area contributed by atoms with Crippen LogP contribution in [-0.2, 0) is 34.3 Å². The summed E-state index contributed by atoms with van der Waals surface area (Å²) in [7, 11) is -2.58. The van der Waals surface area contributed by atoms with Gasteiger partial charge >= 0.3 is 16.3 Å². The molecule has 0 aromatic carbocycles. The third kappa shape index (κ3) is 4.70. The third-order valence-electron chi connectivity index (χ3n) is 3.30. The fraction of sp³-hybridized carbons (Fsp3) is 0.417. The first-order chi connectivity index (χ1) is 13.1. The standard InChI is InChI=1S/C12H15N5O8S3/c1-24-6(18)4-26-11-8(10(20)17(11)28(21,22)23)15-9(19)7(16-25-2)5-3-27-12(13)14-5/h3,8,11H,4H2,1-2H3,(H2,13,14)(H,15,19)(H,21,22,23)/t8-,11+/m1/s1. The fourth-order valence-electron chi connectivity index (χ4n) is 2.09. The number of nitrogens with zero attached hydrogens (tertiary/aromatic N) is 3. The van der Waals surface area contributed by atoms with Crippen LogP contribution in [0.3, 0.4) is 0 Å². The lowest BCUT2D eigenvalue weighted by molar-refractivity contribution is -0.141. The van der Waals surface area contributed by atoms with Gasteiger partial charge in [0, 0.05) is 5.38 Å². The molecule has 1 saturated heterocycles. The van der Waals surface area contributed by atoms with Gasteiger partial charge in [-0.25, -0.2) is 4.98 Å². The molecule has 1 aliphatic heterocycles. The summed E-state index contributed by atoms with van der Waals surface area (Å²) in [5.41, 5.74) is 5.30. The van der Waals surface area contributed by atoms with E-state index in [1.807, 2.05) is 0 Å². The van der Waals surface area contributed by atoms with Crippen molar-refractivity contribution in [3.63, 3.8) is 0 Å². The summed E-state index contributed by atoms with van der Waals surface area (Å²) in [6.07, 6.45) is 0. The molecule has 0 saturated carbocycles. The number of rotatable bonds is 8. The van der Waals surface area contributed by atoms with E-state index in [1.165, 1.54) is 12.5 Å². The maximum atomic E-state index is 12.5. The van der Waals surface area contributed by atoms with Gasteiger partial charge < -0.3 is 20.6 Å². The second-order valence-electron chi connectivity index (χ2n) is 5.03. The van der Waals surface area contributed by atoms with Crippen molar-refractivity contribution in [3.05, 3.63) is 11.1 Å². The average molecular weight is 453 g/mol. The van der Waals surface area contributed by atoms with Gasteiger partial charge in [-0.05, 0) is 0 Å². The largest absolute Gasteiger partial charge is 0.468 e. The molecule has 0 unspecified atom stereocenters. The molecule has 2 heterocycles. The first kappa shape index (κ1) is 21.9. The van der Waals surface area contributed by atoms with Gasteiger partial charge in [-0.2, -0.15) is 12.7 Å². The predicted octanol–water partition coefficient (Wildman–Crippen LogP) is -1.56. The molecule has 2 amide bonds. The molecule has 0 bridgehead atoms. The van der Waals surface area contributed by atoms with Crippen LogP contribution in [0.5, 0.6) is 0 Å². The number of thiazole rings is 1. The normalized spacial score (nSPS) is 19.8. The Morgan fingerprint density at radius 3 is 2.68 bits per heavy atom. The highest BCUT2D eigenvalue weighted by Gasteiger charge is 2.54. The highest BCUT2D eigenvalue weighted by Crippen LogP contribution is 2.32. The first-order valence-corrected chi connectivity index (χ1v) is 10.5. The third-order valence-corrected chi connectivity index (χ3v) is 6.23. The summed E-state index contributed by atoms with van der Waals surface area (Å²) in [4.78, 5) is 44.4. The summed E-state index contributed by atoms with van der Waals surface area (Å²) in [6.45, 7) is 0. The molecule has 154 valence electrons. The van der Waals surface area contributed by atoms with Crippen LogP contribution < -0.4 is 11.1 Å². The van der Waals surface area contributed by atoms with E-state index in [9.17, 15) is 27.4 Å². The predicted molar refractivity (Wildman–Crippen MR) is 98.7 cm³/mol. The molecule has 1 aromatic heterocycles. The smallest absolute Gasteiger partial charge is 0.363 e. The Labute approximate surface area is 167 Å². The summed E-state index contributed by atoms with van der Waals surface area (Å²) in [6, 6.07) is -1.36. The minimum absolute atomic E-state index is 0.0824. The van der Waals surface area contributed by atoms with Gasteiger partial charge in [-0.15, -0.1) is 23.1 Å². The van der Waals surface area contributed by atoms with Crippen LogP contribution in [0.25, 0.3) is 0 Å². The molecule has 0 aliphatic carbocycles.